The molecule has 0 aromatic rings. The van der Waals surface area contributed by atoms with E-state index in [4.69, 9.17) is 9.47 Å². The number of ether oxygens (including phenoxy) is 2. The largest absolute Gasteiger partial charge is 0.381 e. The number of carbonyl (C=O) groups is 1. The predicted molar refractivity (Wildman–Crippen MR) is 85.6 cm³/mol. The third kappa shape index (κ3) is 3.23. The quantitative estimate of drug-likeness (QED) is 0.801. The number of amides is 1. The van der Waals surface area contributed by atoms with Crippen molar-refractivity contribution in [2.24, 2.45) is 11.3 Å². The number of carbonyl (C=O) groups excluding carboxylic acids is 1. The monoisotopic (exact) mass is 307 g/mol. The van der Waals surface area contributed by atoms with Crippen LogP contribution in [0, 0.1) is 11.3 Å². The van der Waals surface area contributed by atoms with Gasteiger partial charge in [0.15, 0.2) is 0 Å². The van der Waals surface area contributed by atoms with Gasteiger partial charge in [-0.3, -0.25) is 4.79 Å². The molecule has 2 aliphatic heterocycles. The van der Waals surface area contributed by atoms with Crippen molar-refractivity contribution < 1.29 is 14.3 Å². The SMILES string of the molecule is CCOCC1COCCC12CCN(C(=O)C1=CCCC1)CC2. The third-order valence-corrected chi connectivity index (χ3v) is 5.81. The van der Waals surface area contributed by atoms with E-state index in [0.29, 0.717) is 17.2 Å². The van der Waals surface area contributed by atoms with Crippen LogP contribution < -0.4 is 0 Å². The first-order valence-electron chi connectivity index (χ1n) is 8.89. The summed E-state index contributed by atoms with van der Waals surface area (Å²) in [6.45, 7) is 7.10. The van der Waals surface area contributed by atoms with Crippen LogP contribution in [0.3, 0.4) is 0 Å². The van der Waals surface area contributed by atoms with Crippen molar-refractivity contribution in [3.63, 3.8) is 0 Å². The molecule has 1 atom stereocenters. The second-order valence-corrected chi connectivity index (χ2v) is 6.96. The van der Waals surface area contributed by atoms with E-state index in [-0.39, 0.29) is 0 Å². The topological polar surface area (TPSA) is 38.8 Å². The average Bonchev–Trinajstić information content (AvgIpc) is 3.09. The maximum Gasteiger partial charge on any atom is 0.249 e. The molecule has 0 bridgehead atoms. The summed E-state index contributed by atoms with van der Waals surface area (Å²) in [7, 11) is 0. The normalized spacial score (nSPS) is 28.0. The van der Waals surface area contributed by atoms with Gasteiger partial charge in [0.05, 0.1) is 13.2 Å². The molecule has 4 heteroatoms. The number of hydrogen-bond donors (Lipinski definition) is 0. The molecule has 1 unspecified atom stereocenters. The minimum absolute atomic E-state index is 0.292. The Labute approximate surface area is 133 Å². The zero-order valence-corrected chi connectivity index (χ0v) is 13.8. The summed E-state index contributed by atoms with van der Waals surface area (Å²) in [5.74, 6) is 0.782. The zero-order chi connectivity index (χ0) is 15.4. The first-order valence-corrected chi connectivity index (χ1v) is 8.89. The van der Waals surface area contributed by atoms with E-state index in [1.54, 1.807) is 0 Å². The van der Waals surface area contributed by atoms with E-state index in [9.17, 15) is 4.79 Å². The number of nitrogens with zero attached hydrogens (tertiary/aromatic N) is 1. The van der Waals surface area contributed by atoms with E-state index in [2.05, 4.69) is 11.0 Å². The van der Waals surface area contributed by atoms with Gasteiger partial charge in [0, 0.05) is 37.8 Å². The molecule has 124 valence electrons. The lowest BCUT2D eigenvalue weighted by Crippen LogP contribution is -2.50. The van der Waals surface area contributed by atoms with Gasteiger partial charge in [-0.1, -0.05) is 6.08 Å². The van der Waals surface area contributed by atoms with Crippen LogP contribution in [-0.4, -0.2) is 50.3 Å². The Hall–Kier alpha value is -0.870. The minimum atomic E-state index is 0.292. The summed E-state index contributed by atoms with van der Waals surface area (Å²) in [6, 6.07) is 0. The second-order valence-electron chi connectivity index (χ2n) is 6.96. The summed E-state index contributed by atoms with van der Waals surface area (Å²) in [6.07, 6.45) is 8.66. The van der Waals surface area contributed by atoms with Crippen molar-refractivity contribution in [3.05, 3.63) is 11.6 Å². The Morgan fingerprint density at radius 2 is 2.23 bits per heavy atom. The van der Waals surface area contributed by atoms with E-state index < -0.39 is 0 Å². The third-order valence-electron chi connectivity index (χ3n) is 5.81. The van der Waals surface area contributed by atoms with Crippen molar-refractivity contribution in [2.75, 3.05) is 39.5 Å². The summed E-state index contributed by atoms with van der Waals surface area (Å²) in [5, 5.41) is 0. The predicted octanol–water partition coefficient (Wildman–Crippen LogP) is 2.78. The van der Waals surface area contributed by atoms with Gasteiger partial charge >= 0.3 is 0 Å². The van der Waals surface area contributed by atoms with Crippen molar-refractivity contribution in [1.82, 2.24) is 4.90 Å². The van der Waals surface area contributed by atoms with Gasteiger partial charge in [-0.2, -0.15) is 0 Å². The first-order chi connectivity index (χ1) is 10.7. The van der Waals surface area contributed by atoms with E-state index >= 15 is 0 Å². The zero-order valence-electron chi connectivity index (χ0n) is 13.8. The number of allylic oxidation sites excluding steroid dienone is 1. The molecule has 0 aromatic carbocycles. The van der Waals surface area contributed by atoms with Gasteiger partial charge in [0.25, 0.3) is 0 Å². The molecule has 0 radical (unpaired) electrons. The highest BCUT2D eigenvalue weighted by molar-refractivity contribution is 5.93. The summed E-state index contributed by atoms with van der Waals surface area (Å²) >= 11 is 0. The van der Waals surface area contributed by atoms with Crippen LogP contribution in [0.15, 0.2) is 11.6 Å². The van der Waals surface area contributed by atoms with Crippen LogP contribution in [0.25, 0.3) is 0 Å². The maximum atomic E-state index is 12.5. The molecule has 2 heterocycles. The number of likely N-dealkylation sites (tertiary alicyclic amines) is 1. The molecule has 3 rings (SSSR count). The molecular formula is C18H29NO3. The van der Waals surface area contributed by atoms with Gasteiger partial charge in [-0.25, -0.2) is 0 Å². The molecule has 1 aliphatic carbocycles. The van der Waals surface area contributed by atoms with Gasteiger partial charge in [0.1, 0.15) is 0 Å². The van der Waals surface area contributed by atoms with Crippen molar-refractivity contribution in [1.29, 1.82) is 0 Å². The summed E-state index contributed by atoms with van der Waals surface area (Å²) in [4.78, 5) is 14.6. The van der Waals surface area contributed by atoms with E-state index in [0.717, 1.165) is 83.6 Å². The Kier molecular flexibility index (Phi) is 5.19. The summed E-state index contributed by atoms with van der Waals surface area (Å²) < 4.78 is 11.4. The molecule has 1 amide bonds. The fourth-order valence-electron chi connectivity index (χ4n) is 4.25. The van der Waals surface area contributed by atoms with Crippen molar-refractivity contribution in [2.45, 2.75) is 45.4 Å². The van der Waals surface area contributed by atoms with Crippen LogP contribution in [0.5, 0.6) is 0 Å². The average molecular weight is 307 g/mol. The van der Waals surface area contributed by atoms with Crippen LogP contribution in [-0.2, 0) is 14.3 Å². The Bertz CT molecular complexity index is 424. The highest BCUT2D eigenvalue weighted by Gasteiger charge is 2.44. The molecule has 1 spiro atoms. The lowest BCUT2D eigenvalue weighted by molar-refractivity contribution is -0.135. The Balaban J connectivity index is 1.60. The highest BCUT2D eigenvalue weighted by atomic mass is 16.5. The van der Waals surface area contributed by atoms with Gasteiger partial charge in [0.2, 0.25) is 5.91 Å². The van der Waals surface area contributed by atoms with E-state index in [1.165, 1.54) is 0 Å². The number of hydrogen-bond acceptors (Lipinski definition) is 3. The van der Waals surface area contributed by atoms with Crippen molar-refractivity contribution in [3.8, 4) is 0 Å². The first kappa shape index (κ1) is 16.0. The summed E-state index contributed by atoms with van der Waals surface area (Å²) in [5.41, 5.74) is 1.38. The standard InChI is InChI=1S/C18H29NO3/c1-2-21-13-16-14-22-12-9-18(16)7-10-19(11-8-18)17(20)15-5-3-4-6-15/h5,16H,2-4,6-14H2,1H3. The van der Waals surface area contributed by atoms with Crippen LogP contribution >= 0.6 is 0 Å². The smallest absolute Gasteiger partial charge is 0.249 e. The number of rotatable bonds is 4. The maximum absolute atomic E-state index is 12.5. The second kappa shape index (κ2) is 7.14. The van der Waals surface area contributed by atoms with Gasteiger partial charge in [-0.05, 0) is 50.9 Å². The number of piperidine rings is 1. The lowest BCUT2D eigenvalue weighted by Gasteiger charge is -2.49. The molecule has 0 N–H and O–H groups in total. The molecule has 0 saturated carbocycles. The molecule has 22 heavy (non-hydrogen) atoms. The Morgan fingerprint density at radius 3 is 2.91 bits per heavy atom. The fourth-order valence-corrected chi connectivity index (χ4v) is 4.25. The minimum Gasteiger partial charge on any atom is -0.381 e. The van der Waals surface area contributed by atoms with Crippen LogP contribution in [0.4, 0.5) is 0 Å². The van der Waals surface area contributed by atoms with Gasteiger partial charge in [-0.15, -0.1) is 0 Å². The molecule has 4 nitrogen and oxygen atoms in total. The fraction of sp³-hybridized carbons (Fsp3) is 0.833. The lowest BCUT2D eigenvalue weighted by atomic mass is 9.66. The van der Waals surface area contributed by atoms with E-state index in [1.807, 2.05) is 6.92 Å². The van der Waals surface area contributed by atoms with Crippen molar-refractivity contribution >= 4 is 5.91 Å². The molecule has 0 aromatic heterocycles. The molecule has 2 fully saturated rings. The van der Waals surface area contributed by atoms with Crippen LogP contribution in [0.2, 0.25) is 0 Å². The molecular weight excluding hydrogens is 278 g/mol. The Morgan fingerprint density at radius 1 is 1.41 bits per heavy atom. The van der Waals surface area contributed by atoms with Gasteiger partial charge < -0.3 is 14.4 Å². The molecule has 3 aliphatic rings. The highest BCUT2D eigenvalue weighted by Crippen LogP contribution is 2.45. The molecule has 2 saturated heterocycles. The van der Waals surface area contributed by atoms with Crippen LogP contribution in [0.1, 0.15) is 45.4 Å².